The second-order valence-corrected chi connectivity index (χ2v) is 5.08. The van der Waals surface area contributed by atoms with Crippen LogP contribution in [0.3, 0.4) is 0 Å². The summed E-state index contributed by atoms with van der Waals surface area (Å²) in [5.74, 6) is -2.19. The lowest BCUT2D eigenvalue weighted by Crippen LogP contribution is -2.28. The van der Waals surface area contributed by atoms with E-state index >= 15 is 0 Å². The van der Waals surface area contributed by atoms with E-state index in [1.165, 1.54) is 42.3 Å². The fourth-order valence-corrected chi connectivity index (χ4v) is 2.34. The molecule has 0 aliphatic heterocycles. The molecule has 0 unspecified atom stereocenters. The van der Waals surface area contributed by atoms with Gasteiger partial charge in [-0.2, -0.15) is 0 Å². The van der Waals surface area contributed by atoms with Crippen molar-refractivity contribution in [2.24, 2.45) is 0 Å². The van der Waals surface area contributed by atoms with Crippen LogP contribution in [0.5, 0.6) is 0 Å². The van der Waals surface area contributed by atoms with Gasteiger partial charge in [0.25, 0.3) is 5.91 Å². The minimum Gasteiger partial charge on any atom is -0.478 e. The molecule has 0 saturated heterocycles. The third-order valence-electron chi connectivity index (χ3n) is 2.98. The van der Waals surface area contributed by atoms with Crippen molar-refractivity contribution in [3.63, 3.8) is 0 Å². The molecular formula is C15H11BrFNO3. The molecule has 21 heavy (non-hydrogen) atoms. The summed E-state index contributed by atoms with van der Waals surface area (Å²) in [6.45, 7) is 0. The van der Waals surface area contributed by atoms with E-state index in [1.807, 2.05) is 0 Å². The van der Waals surface area contributed by atoms with Crippen molar-refractivity contribution in [3.05, 3.63) is 63.9 Å². The number of para-hydroxylation sites is 1. The molecule has 0 aromatic heterocycles. The van der Waals surface area contributed by atoms with Crippen LogP contribution >= 0.6 is 15.9 Å². The first-order valence-electron chi connectivity index (χ1n) is 5.98. The molecule has 0 aliphatic rings. The topological polar surface area (TPSA) is 57.6 Å². The summed E-state index contributed by atoms with van der Waals surface area (Å²) in [5, 5.41) is 9.16. The first kappa shape index (κ1) is 15.2. The fourth-order valence-electron chi connectivity index (χ4n) is 1.91. The number of aromatic carboxylic acids is 1. The van der Waals surface area contributed by atoms with Gasteiger partial charge in [-0.05, 0) is 40.2 Å². The van der Waals surface area contributed by atoms with Crippen molar-refractivity contribution in [1.29, 1.82) is 0 Å². The highest BCUT2D eigenvalue weighted by atomic mass is 79.9. The number of carboxylic acids is 1. The van der Waals surface area contributed by atoms with E-state index in [-0.39, 0.29) is 21.3 Å². The quantitative estimate of drug-likeness (QED) is 0.919. The smallest absolute Gasteiger partial charge is 0.337 e. The average Bonchev–Trinajstić information content (AvgIpc) is 2.48. The Morgan fingerprint density at radius 1 is 1.10 bits per heavy atom. The number of rotatable bonds is 3. The van der Waals surface area contributed by atoms with Gasteiger partial charge in [-0.3, -0.25) is 4.79 Å². The number of amides is 1. The number of anilines is 1. The third-order valence-corrected chi connectivity index (χ3v) is 3.79. The highest BCUT2D eigenvalue weighted by Crippen LogP contribution is 2.25. The number of carbonyl (C=O) groups excluding carboxylic acids is 1. The molecule has 0 heterocycles. The number of carbonyl (C=O) groups is 2. The molecule has 0 saturated carbocycles. The Labute approximate surface area is 128 Å². The Balaban J connectivity index is 2.45. The molecule has 2 rings (SSSR count). The summed E-state index contributed by atoms with van der Waals surface area (Å²) in [7, 11) is 1.45. The van der Waals surface area contributed by atoms with Crippen LogP contribution in [0, 0.1) is 5.82 Å². The van der Waals surface area contributed by atoms with Gasteiger partial charge >= 0.3 is 5.97 Å². The zero-order valence-electron chi connectivity index (χ0n) is 11.0. The summed E-state index contributed by atoms with van der Waals surface area (Å²) in [6.07, 6.45) is 0. The average molecular weight is 352 g/mol. The largest absolute Gasteiger partial charge is 0.478 e. The lowest BCUT2D eigenvalue weighted by atomic mass is 10.1. The van der Waals surface area contributed by atoms with Gasteiger partial charge < -0.3 is 10.0 Å². The number of halogens is 2. The van der Waals surface area contributed by atoms with Gasteiger partial charge in [-0.25, -0.2) is 9.18 Å². The van der Waals surface area contributed by atoms with Gasteiger partial charge in [0.15, 0.2) is 0 Å². The monoisotopic (exact) mass is 351 g/mol. The van der Waals surface area contributed by atoms with Crippen molar-refractivity contribution >= 4 is 33.5 Å². The van der Waals surface area contributed by atoms with Crippen LogP contribution in [-0.4, -0.2) is 24.0 Å². The summed E-state index contributed by atoms with van der Waals surface area (Å²) in [6, 6.07) is 10.2. The minimum absolute atomic E-state index is 0.000811. The standard InChI is InChI=1S/C15H11BrFNO3/c1-18(12-8-3-2-5-9(12)15(20)21)14(19)10-6-4-7-11(17)13(10)16/h2-8H,1H3,(H,20,21). The molecule has 0 bridgehead atoms. The number of nitrogens with zero attached hydrogens (tertiary/aromatic N) is 1. The van der Waals surface area contributed by atoms with Crippen molar-refractivity contribution in [2.75, 3.05) is 11.9 Å². The summed E-state index contributed by atoms with van der Waals surface area (Å²) in [5.41, 5.74) is 0.365. The van der Waals surface area contributed by atoms with E-state index < -0.39 is 17.7 Å². The van der Waals surface area contributed by atoms with Gasteiger partial charge in [0.2, 0.25) is 0 Å². The fraction of sp³-hybridized carbons (Fsp3) is 0.0667. The zero-order valence-corrected chi connectivity index (χ0v) is 12.6. The Kier molecular flexibility index (Phi) is 4.37. The van der Waals surface area contributed by atoms with Crippen LogP contribution in [0.4, 0.5) is 10.1 Å². The molecule has 2 aromatic carbocycles. The molecule has 1 amide bonds. The predicted molar refractivity (Wildman–Crippen MR) is 80.2 cm³/mol. The molecule has 0 aliphatic carbocycles. The van der Waals surface area contributed by atoms with E-state index in [9.17, 15) is 14.0 Å². The zero-order chi connectivity index (χ0) is 15.6. The Morgan fingerprint density at radius 2 is 1.71 bits per heavy atom. The van der Waals surface area contributed by atoms with Crippen molar-refractivity contribution < 1.29 is 19.1 Å². The molecule has 1 N–H and O–H groups in total. The molecule has 0 atom stereocenters. The van der Waals surface area contributed by atoms with Crippen molar-refractivity contribution in [2.45, 2.75) is 0 Å². The summed E-state index contributed by atoms with van der Waals surface area (Å²) < 4.78 is 13.6. The SMILES string of the molecule is CN(C(=O)c1cccc(F)c1Br)c1ccccc1C(=O)O. The summed E-state index contributed by atoms with van der Waals surface area (Å²) in [4.78, 5) is 24.8. The molecule has 108 valence electrons. The highest BCUT2D eigenvalue weighted by molar-refractivity contribution is 9.10. The third kappa shape index (κ3) is 2.95. The normalized spacial score (nSPS) is 10.2. The van der Waals surface area contributed by atoms with Gasteiger partial charge in [-0.1, -0.05) is 18.2 Å². The predicted octanol–water partition coefficient (Wildman–Crippen LogP) is 3.56. The molecule has 4 nitrogen and oxygen atoms in total. The van der Waals surface area contributed by atoms with Gasteiger partial charge in [-0.15, -0.1) is 0 Å². The summed E-state index contributed by atoms with van der Waals surface area (Å²) >= 11 is 3.03. The van der Waals surface area contributed by atoms with E-state index in [2.05, 4.69) is 15.9 Å². The lowest BCUT2D eigenvalue weighted by Gasteiger charge is -2.20. The van der Waals surface area contributed by atoms with Crippen LogP contribution in [0.25, 0.3) is 0 Å². The first-order chi connectivity index (χ1) is 9.93. The van der Waals surface area contributed by atoms with E-state index in [0.29, 0.717) is 0 Å². The number of hydrogen-bond donors (Lipinski definition) is 1. The van der Waals surface area contributed by atoms with Crippen LogP contribution in [0.2, 0.25) is 0 Å². The Morgan fingerprint density at radius 3 is 2.38 bits per heavy atom. The van der Waals surface area contributed by atoms with E-state index in [4.69, 9.17) is 5.11 Å². The van der Waals surface area contributed by atoms with Gasteiger partial charge in [0.1, 0.15) is 5.82 Å². The number of benzene rings is 2. The second-order valence-electron chi connectivity index (χ2n) is 4.29. The van der Waals surface area contributed by atoms with Crippen LogP contribution in [0.15, 0.2) is 46.9 Å². The van der Waals surface area contributed by atoms with Crippen molar-refractivity contribution in [3.8, 4) is 0 Å². The number of carboxylic acid groups (broad SMARTS) is 1. The van der Waals surface area contributed by atoms with Crippen LogP contribution < -0.4 is 4.90 Å². The molecule has 0 radical (unpaired) electrons. The maximum atomic E-state index is 13.5. The molecule has 2 aromatic rings. The lowest BCUT2D eigenvalue weighted by molar-refractivity contribution is 0.0697. The maximum absolute atomic E-state index is 13.5. The van der Waals surface area contributed by atoms with Gasteiger partial charge in [0.05, 0.1) is 21.3 Å². The first-order valence-corrected chi connectivity index (χ1v) is 6.77. The number of hydrogen-bond acceptors (Lipinski definition) is 2. The van der Waals surface area contributed by atoms with Crippen LogP contribution in [0.1, 0.15) is 20.7 Å². The minimum atomic E-state index is -1.14. The second kappa shape index (κ2) is 6.05. The van der Waals surface area contributed by atoms with Crippen molar-refractivity contribution in [1.82, 2.24) is 0 Å². The molecule has 0 fully saturated rings. The van der Waals surface area contributed by atoms with E-state index in [0.717, 1.165) is 0 Å². The Bertz CT molecular complexity index is 718. The molecule has 0 spiro atoms. The maximum Gasteiger partial charge on any atom is 0.337 e. The Hall–Kier alpha value is -2.21. The molecular weight excluding hydrogens is 341 g/mol. The molecule has 6 heteroatoms. The van der Waals surface area contributed by atoms with Gasteiger partial charge in [0, 0.05) is 7.05 Å². The van der Waals surface area contributed by atoms with Crippen LogP contribution in [-0.2, 0) is 0 Å². The highest BCUT2D eigenvalue weighted by Gasteiger charge is 2.21. The van der Waals surface area contributed by atoms with E-state index in [1.54, 1.807) is 12.1 Å².